The monoisotopic (exact) mass is 265 g/mol. The van der Waals surface area contributed by atoms with E-state index in [-0.39, 0.29) is 17.5 Å². The van der Waals surface area contributed by atoms with E-state index in [4.69, 9.17) is 17.2 Å². The Morgan fingerprint density at radius 1 is 1.11 bits per heavy atom. The summed E-state index contributed by atoms with van der Waals surface area (Å²) in [6.45, 7) is 0. The Hall–Kier alpha value is -2.02. The van der Waals surface area contributed by atoms with Crippen LogP contribution in [0, 0.1) is 5.82 Å². The first kappa shape index (κ1) is 12.4. The summed E-state index contributed by atoms with van der Waals surface area (Å²) < 4.78 is 13.5. The van der Waals surface area contributed by atoms with Gasteiger partial charge in [0.05, 0.1) is 0 Å². The molecule has 0 fully saturated rings. The smallest absolute Gasteiger partial charge is 0.191 e. The lowest BCUT2D eigenvalue weighted by Gasteiger charge is -2.06. The minimum absolute atomic E-state index is 0.284. The number of aromatic nitrogens is 2. The van der Waals surface area contributed by atoms with Gasteiger partial charge in [-0.1, -0.05) is 17.8 Å². The van der Waals surface area contributed by atoms with Crippen LogP contribution in [-0.4, -0.2) is 9.97 Å². The number of nitrogens with two attached hydrogens (primary N) is 3. The van der Waals surface area contributed by atoms with E-state index in [0.29, 0.717) is 22.2 Å². The van der Waals surface area contributed by atoms with Gasteiger partial charge in [0.1, 0.15) is 17.5 Å². The minimum Gasteiger partial charge on any atom is -0.398 e. The molecule has 0 aliphatic carbocycles. The SMILES string of the molecule is Nc1cc(N)nc(SCc2c(N)cccc2F)n1. The summed E-state index contributed by atoms with van der Waals surface area (Å²) in [5, 5.41) is 0.398. The van der Waals surface area contributed by atoms with Crippen molar-refractivity contribution in [2.24, 2.45) is 0 Å². The lowest BCUT2D eigenvalue weighted by Crippen LogP contribution is -2.00. The van der Waals surface area contributed by atoms with Crippen molar-refractivity contribution in [3.05, 3.63) is 35.6 Å². The van der Waals surface area contributed by atoms with Gasteiger partial charge in [-0.15, -0.1) is 0 Å². The van der Waals surface area contributed by atoms with Gasteiger partial charge in [-0.2, -0.15) is 0 Å². The third kappa shape index (κ3) is 2.80. The Bertz CT molecular complexity index is 535. The Morgan fingerprint density at radius 2 is 1.78 bits per heavy atom. The highest BCUT2D eigenvalue weighted by Crippen LogP contribution is 2.26. The molecule has 1 aromatic carbocycles. The molecular weight excluding hydrogens is 253 g/mol. The van der Waals surface area contributed by atoms with Crippen molar-refractivity contribution in [3.8, 4) is 0 Å². The average molecular weight is 265 g/mol. The van der Waals surface area contributed by atoms with E-state index < -0.39 is 0 Å². The van der Waals surface area contributed by atoms with E-state index >= 15 is 0 Å². The molecule has 0 atom stereocenters. The van der Waals surface area contributed by atoms with E-state index in [1.165, 1.54) is 23.9 Å². The molecule has 0 amide bonds. The van der Waals surface area contributed by atoms with Crippen molar-refractivity contribution < 1.29 is 4.39 Å². The zero-order valence-electron chi connectivity index (χ0n) is 9.43. The number of anilines is 3. The second kappa shape index (κ2) is 5.09. The van der Waals surface area contributed by atoms with Crippen molar-refractivity contribution in [2.75, 3.05) is 17.2 Å². The van der Waals surface area contributed by atoms with Gasteiger partial charge < -0.3 is 17.2 Å². The maximum Gasteiger partial charge on any atom is 0.191 e. The molecule has 5 nitrogen and oxygen atoms in total. The maximum atomic E-state index is 13.5. The highest BCUT2D eigenvalue weighted by atomic mass is 32.2. The predicted molar refractivity (Wildman–Crippen MR) is 71.2 cm³/mol. The van der Waals surface area contributed by atoms with Crippen LogP contribution in [0.3, 0.4) is 0 Å². The van der Waals surface area contributed by atoms with Crippen molar-refractivity contribution in [1.82, 2.24) is 9.97 Å². The number of hydrogen-bond acceptors (Lipinski definition) is 6. The molecule has 7 heteroatoms. The van der Waals surface area contributed by atoms with Gasteiger partial charge in [0.25, 0.3) is 0 Å². The molecule has 0 bridgehead atoms. The number of thioether (sulfide) groups is 1. The van der Waals surface area contributed by atoms with Crippen molar-refractivity contribution in [3.63, 3.8) is 0 Å². The molecule has 0 spiro atoms. The van der Waals surface area contributed by atoms with Crippen LogP contribution in [0.5, 0.6) is 0 Å². The van der Waals surface area contributed by atoms with Crippen LogP contribution in [0.2, 0.25) is 0 Å². The summed E-state index contributed by atoms with van der Waals surface area (Å²) >= 11 is 1.23. The first-order chi connectivity index (χ1) is 8.56. The van der Waals surface area contributed by atoms with Gasteiger partial charge in [0.15, 0.2) is 5.16 Å². The second-order valence-electron chi connectivity index (χ2n) is 3.60. The normalized spacial score (nSPS) is 10.5. The Labute approximate surface area is 108 Å². The van der Waals surface area contributed by atoms with E-state index in [1.54, 1.807) is 12.1 Å². The van der Waals surface area contributed by atoms with Gasteiger partial charge in [-0.25, -0.2) is 14.4 Å². The summed E-state index contributed by atoms with van der Waals surface area (Å²) in [4.78, 5) is 7.99. The molecule has 0 unspecified atom stereocenters. The molecule has 94 valence electrons. The van der Waals surface area contributed by atoms with Crippen molar-refractivity contribution in [2.45, 2.75) is 10.9 Å². The fourth-order valence-corrected chi connectivity index (χ4v) is 2.31. The molecule has 2 rings (SSSR count). The van der Waals surface area contributed by atoms with Gasteiger partial charge in [0.2, 0.25) is 0 Å². The number of nitrogen functional groups attached to an aromatic ring is 3. The first-order valence-corrected chi connectivity index (χ1v) is 6.10. The maximum absolute atomic E-state index is 13.5. The zero-order chi connectivity index (χ0) is 13.1. The molecule has 1 heterocycles. The Balaban J connectivity index is 2.16. The molecule has 0 aliphatic heterocycles. The molecular formula is C11H12FN5S. The molecule has 0 aliphatic rings. The summed E-state index contributed by atoms with van der Waals surface area (Å²) in [5.41, 5.74) is 17.6. The third-order valence-electron chi connectivity index (χ3n) is 2.25. The lowest BCUT2D eigenvalue weighted by atomic mass is 10.2. The number of halogens is 1. The number of hydrogen-bond donors (Lipinski definition) is 3. The lowest BCUT2D eigenvalue weighted by molar-refractivity contribution is 0.618. The van der Waals surface area contributed by atoms with Crippen LogP contribution in [0.1, 0.15) is 5.56 Å². The minimum atomic E-state index is -0.348. The summed E-state index contributed by atoms with van der Waals surface area (Å²) in [5.74, 6) is 0.541. The summed E-state index contributed by atoms with van der Waals surface area (Å²) in [6.07, 6.45) is 0. The zero-order valence-corrected chi connectivity index (χ0v) is 10.2. The van der Waals surface area contributed by atoms with Crippen molar-refractivity contribution in [1.29, 1.82) is 0 Å². The number of rotatable bonds is 3. The molecule has 18 heavy (non-hydrogen) atoms. The second-order valence-corrected chi connectivity index (χ2v) is 4.54. The summed E-state index contributed by atoms with van der Waals surface area (Å²) in [7, 11) is 0. The van der Waals surface area contributed by atoms with Crippen LogP contribution >= 0.6 is 11.8 Å². The number of benzene rings is 1. The van der Waals surface area contributed by atoms with Gasteiger partial charge >= 0.3 is 0 Å². The van der Waals surface area contributed by atoms with Crippen LogP contribution in [0.15, 0.2) is 29.4 Å². The molecule has 2 aromatic rings. The van der Waals surface area contributed by atoms with Gasteiger partial charge in [-0.3, -0.25) is 0 Å². The van der Waals surface area contributed by atoms with E-state index in [0.717, 1.165) is 0 Å². The van der Waals surface area contributed by atoms with Crippen LogP contribution in [-0.2, 0) is 5.75 Å². The van der Waals surface area contributed by atoms with Crippen LogP contribution < -0.4 is 17.2 Å². The highest BCUT2D eigenvalue weighted by Gasteiger charge is 2.08. The first-order valence-electron chi connectivity index (χ1n) is 5.12. The molecule has 0 saturated heterocycles. The molecule has 0 saturated carbocycles. The van der Waals surface area contributed by atoms with E-state index in [9.17, 15) is 4.39 Å². The molecule has 0 radical (unpaired) electrons. The highest BCUT2D eigenvalue weighted by molar-refractivity contribution is 7.98. The fourth-order valence-electron chi connectivity index (χ4n) is 1.39. The Kier molecular flexibility index (Phi) is 3.52. The fraction of sp³-hybridized carbons (Fsp3) is 0.0909. The standard InChI is InChI=1S/C11H12FN5S/c12-7-2-1-3-8(13)6(7)5-18-11-16-9(14)4-10(15)17-11/h1-4H,5,13H2,(H4,14,15,16,17). The molecule has 1 aromatic heterocycles. The molecule has 6 N–H and O–H groups in total. The van der Waals surface area contributed by atoms with Gasteiger partial charge in [0, 0.05) is 23.1 Å². The summed E-state index contributed by atoms with van der Waals surface area (Å²) in [6, 6.07) is 6.03. The Morgan fingerprint density at radius 3 is 2.39 bits per heavy atom. The quantitative estimate of drug-likeness (QED) is 0.443. The van der Waals surface area contributed by atoms with E-state index in [1.807, 2.05) is 0 Å². The van der Waals surface area contributed by atoms with Crippen molar-refractivity contribution >= 4 is 29.1 Å². The average Bonchev–Trinajstić information content (AvgIpc) is 2.27. The van der Waals surface area contributed by atoms with E-state index in [2.05, 4.69) is 9.97 Å². The van der Waals surface area contributed by atoms with Gasteiger partial charge in [-0.05, 0) is 12.1 Å². The largest absolute Gasteiger partial charge is 0.398 e. The van der Waals surface area contributed by atoms with Crippen LogP contribution in [0.4, 0.5) is 21.7 Å². The predicted octanol–water partition coefficient (Wildman–Crippen LogP) is 1.65. The third-order valence-corrected chi connectivity index (χ3v) is 3.12. The number of nitrogens with zero attached hydrogens (tertiary/aromatic N) is 2. The topological polar surface area (TPSA) is 104 Å². The van der Waals surface area contributed by atoms with Crippen LogP contribution in [0.25, 0.3) is 0 Å².